The number of anilines is 1. The molecular weight excluding hydrogens is 212 g/mol. The molecule has 3 heteroatoms. The van der Waals surface area contributed by atoms with E-state index in [1.54, 1.807) is 0 Å². The Morgan fingerprint density at radius 3 is 3.06 bits per heavy atom. The fourth-order valence-electron chi connectivity index (χ4n) is 3.42. The fraction of sp³-hybridized carbons (Fsp3) is 0.571. The van der Waals surface area contributed by atoms with Gasteiger partial charge in [-0.3, -0.25) is 4.90 Å². The molecule has 0 spiro atoms. The molecule has 0 amide bonds. The number of hydrogen-bond acceptors (Lipinski definition) is 3. The average Bonchev–Trinajstić information content (AvgIpc) is 2.92. The smallest absolute Gasteiger partial charge is 0.0587 e. The molecule has 3 nitrogen and oxygen atoms in total. The van der Waals surface area contributed by atoms with Crippen molar-refractivity contribution >= 4 is 5.69 Å². The molecule has 2 unspecified atom stereocenters. The van der Waals surface area contributed by atoms with Crippen LogP contribution < -0.4 is 5.73 Å². The van der Waals surface area contributed by atoms with E-state index >= 15 is 0 Å². The van der Waals surface area contributed by atoms with E-state index in [-0.39, 0.29) is 0 Å². The molecule has 1 aliphatic carbocycles. The van der Waals surface area contributed by atoms with Crippen molar-refractivity contribution < 1.29 is 5.11 Å². The Balaban J connectivity index is 1.88. The lowest BCUT2D eigenvalue weighted by Crippen LogP contribution is -2.34. The molecule has 0 aromatic heterocycles. The van der Waals surface area contributed by atoms with E-state index in [0.29, 0.717) is 18.7 Å². The molecule has 1 aromatic rings. The summed E-state index contributed by atoms with van der Waals surface area (Å²) in [5, 5.41) is 9.43. The summed E-state index contributed by atoms with van der Waals surface area (Å²) in [6, 6.07) is 7.16. The molecule has 2 aliphatic rings. The van der Waals surface area contributed by atoms with Crippen molar-refractivity contribution in [2.24, 2.45) is 0 Å². The van der Waals surface area contributed by atoms with Crippen molar-refractivity contribution in [1.29, 1.82) is 0 Å². The quantitative estimate of drug-likeness (QED) is 0.763. The zero-order valence-electron chi connectivity index (χ0n) is 10.1. The van der Waals surface area contributed by atoms with Crippen LogP contribution >= 0.6 is 0 Å². The molecule has 1 heterocycles. The van der Waals surface area contributed by atoms with Crippen LogP contribution in [-0.4, -0.2) is 29.2 Å². The highest BCUT2D eigenvalue weighted by molar-refractivity contribution is 5.47. The topological polar surface area (TPSA) is 49.5 Å². The van der Waals surface area contributed by atoms with Crippen LogP contribution in [0.3, 0.4) is 0 Å². The second-order valence-corrected chi connectivity index (χ2v) is 5.23. The summed E-state index contributed by atoms with van der Waals surface area (Å²) >= 11 is 0. The van der Waals surface area contributed by atoms with Crippen molar-refractivity contribution in [2.45, 2.75) is 37.8 Å². The number of hydrogen-bond donors (Lipinski definition) is 2. The lowest BCUT2D eigenvalue weighted by Gasteiger charge is -2.30. The molecule has 2 atom stereocenters. The Bertz CT molecular complexity index is 419. The third-order valence-corrected chi connectivity index (χ3v) is 4.25. The monoisotopic (exact) mass is 232 g/mol. The van der Waals surface area contributed by atoms with Gasteiger partial charge < -0.3 is 10.8 Å². The number of nitrogen functional groups attached to an aromatic ring is 1. The van der Waals surface area contributed by atoms with Crippen molar-refractivity contribution in [3.63, 3.8) is 0 Å². The maximum atomic E-state index is 9.43. The van der Waals surface area contributed by atoms with Crippen LogP contribution in [-0.2, 0) is 6.42 Å². The first kappa shape index (κ1) is 11.1. The van der Waals surface area contributed by atoms with E-state index in [1.165, 1.54) is 24.0 Å². The third-order valence-electron chi connectivity index (χ3n) is 4.25. The van der Waals surface area contributed by atoms with Gasteiger partial charge in [0.1, 0.15) is 0 Å². The Labute approximate surface area is 102 Å². The number of aliphatic hydroxyl groups is 1. The number of nitrogens with zero attached hydrogens (tertiary/aromatic N) is 1. The van der Waals surface area contributed by atoms with Crippen LogP contribution in [0.4, 0.5) is 5.69 Å². The summed E-state index contributed by atoms with van der Waals surface area (Å²) in [5.74, 6) is 0. The largest absolute Gasteiger partial charge is 0.399 e. The minimum absolute atomic E-state index is 0.292. The normalized spacial score (nSPS) is 28.5. The Kier molecular flexibility index (Phi) is 2.81. The lowest BCUT2D eigenvalue weighted by molar-refractivity contribution is 0.119. The van der Waals surface area contributed by atoms with E-state index < -0.39 is 0 Å². The summed E-state index contributed by atoms with van der Waals surface area (Å²) in [7, 11) is 0. The highest BCUT2D eigenvalue weighted by Crippen LogP contribution is 2.39. The van der Waals surface area contributed by atoms with E-state index in [1.807, 2.05) is 6.07 Å². The number of benzene rings is 1. The van der Waals surface area contributed by atoms with Gasteiger partial charge >= 0.3 is 0 Å². The van der Waals surface area contributed by atoms with E-state index in [4.69, 9.17) is 5.73 Å². The molecule has 92 valence electrons. The fourth-order valence-corrected chi connectivity index (χ4v) is 3.42. The minimum atomic E-state index is 0.292. The molecule has 1 saturated heterocycles. The number of aliphatic hydroxyl groups excluding tert-OH is 1. The maximum absolute atomic E-state index is 9.43. The molecule has 3 rings (SSSR count). The predicted octanol–water partition coefficient (Wildman–Crippen LogP) is 1.71. The molecule has 1 aromatic carbocycles. The first-order valence-corrected chi connectivity index (χ1v) is 6.54. The zero-order valence-corrected chi connectivity index (χ0v) is 10.1. The molecule has 0 radical (unpaired) electrons. The van der Waals surface area contributed by atoms with Gasteiger partial charge in [0, 0.05) is 17.8 Å². The minimum Gasteiger partial charge on any atom is -0.399 e. The van der Waals surface area contributed by atoms with Crippen molar-refractivity contribution in [2.75, 3.05) is 18.9 Å². The summed E-state index contributed by atoms with van der Waals surface area (Å²) < 4.78 is 0. The lowest BCUT2D eigenvalue weighted by atomic mass is 10.1. The van der Waals surface area contributed by atoms with Crippen LogP contribution in [0.15, 0.2) is 18.2 Å². The molecular formula is C14H20N2O. The molecule has 0 saturated carbocycles. The summed E-state index contributed by atoms with van der Waals surface area (Å²) in [6.45, 7) is 1.42. The number of fused-ring (bicyclic) bond motifs is 1. The van der Waals surface area contributed by atoms with Crippen molar-refractivity contribution in [3.05, 3.63) is 29.3 Å². The Morgan fingerprint density at radius 1 is 1.35 bits per heavy atom. The molecule has 1 aliphatic heterocycles. The highest BCUT2D eigenvalue weighted by atomic mass is 16.3. The van der Waals surface area contributed by atoms with Gasteiger partial charge in [0.25, 0.3) is 0 Å². The van der Waals surface area contributed by atoms with Crippen LogP contribution in [0, 0.1) is 0 Å². The number of nitrogens with two attached hydrogens (primary N) is 1. The van der Waals surface area contributed by atoms with Crippen LogP contribution in [0.5, 0.6) is 0 Å². The van der Waals surface area contributed by atoms with Gasteiger partial charge in [0.15, 0.2) is 0 Å². The summed E-state index contributed by atoms with van der Waals surface area (Å²) in [5.41, 5.74) is 9.53. The van der Waals surface area contributed by atoms with Gasteiger partial charge in [0.2, 0.25) is 0 Å². The first-order valence-electron chi connectivity index (χ1n) is 6.54. The van der Waals surface area contributed by atoms with E-state index in [9.17, 15) is 5.11 Å². The number of rotatable bonds is 2. The van der Waals surface area contributed by atoms with Gasteiger partial charge in [-0.05, 0) is 55.5 Å². The standard InChI is InChI=1S/C14H20N2O/c15-11-4-5-13-10(8-11)3-6-14(13)16-7-1-2-12(16)9-17/h4-5,8,12,14,17H,1-3,6-7,9,15H2. The average molecular weight is 232 g/mol. The van der Waals surface area contributed by atoms with Gasteiger partial charge in [-0.1, -0.05) is 6.07 Å². The van der Waals surface area contributed by atoms with Crippen molar-refractivity contribution in [1.82, 2.24) is 4.90 Å². The number of likely N-dealkylation sites (tertiary alicyclic amines) is 1. The van der Waals surface area contributed by atoms with E-state index in [2.05, 4.69) is 17.0 Å². The SMILES string of the molecule is Nc1ccc2c(c1)CCC2N1CCCC1CO. The third kappa shape index (κ3) is 1.83. The predicted molar refractivity (Wildman–Crippen MR) is 68.7 cm³/mol. The van der Waals surface area contributed by atoms with Crippen LogP contribution in [0.25, 0.3) is 0 Å². The molecule has 17 heavy (non-hydrogen) atoms. The van der Waals surface area contributed by atoms with Gasteiger partial charge in [-0.15, -0.1) is 0 Å². The van der Waals surface area contributed by atoms with E-state index in [0.717, 1.165) is 25.1 Å². The Hall–Kier alpha value is -1.06. The first-order chi connectivity index (χ1) is 8.29. The molecule has 3 N–H and O–H groups in total. The summed E-state index contributed by atoms with van der Waals surface area (Å²) in [4.78, 5) is 2.49. The molecule has 1 fully saturated rings. The Morgan fingerprint density at radius 2 is 2.24 bits per heavy atom. The van der Waals surface area contributed by atoms with Gasteiger partial charge in [-0.2, -0.15) is 0 Å². The second-order valence-electron chi connectivity index (χ2n) is 5.23. The van der Waals surface area contributed by atoms with Gasteiger partial charge in [0.05, 0.1) is 6.61 Å². The number of aryl methyl sites for hydroxylation is 1. The highest BCUT2D eigenvalue weighted by Gasteiger charge is 2.34. The van der Waals surface area contributed by atoms with Gasteiger partial charge in [-0.25, -0.2) is 0 Å². The van der Waals surface area contributed by atoms with Crippen LogP contribution in [0.2, 0.25) is 0 Å². The molecule has 0 bridgehead atoms. The zero-order chi connectivity index (χ0) is 11.8. The van der Waals surface area contributed by atoms with Crippen LogP contribution in [0.1, 0.15) is 36.4 Å². The maximum Gasteiger partial charge on any atom is 0.0587 e. The van der Waals surface area contributed by atoms with Crippen molar-refractivity contribution in [3.8, 4) is 0 Å². The summed E-state index contributed by atoms with van der Waals surface area (Å²) in [6.07, 6.45) is 4.65. The second kappa shape index (κ2) is 4.31.